The molecule has 6 aromatic rings. The quantitative estimate of drug-likeness (QED) is 0.177. The first-order valence-electron chi connectivity index (χ1n) is 23.4. The Bertz CT molecular complexity index is 3210. The summed E-state index contributed by atoms with van der Waals surface area (Å²) in [4.78, 5) is 0.183. The minimum atomic E-state index is -4.08. The van der Waals surface area contributed by atoms with E-state index in [9.17, 15) is 16.8 Å². The first-order chi connectivity index (χ1) is 31.0. The molecule has 0 aromatic heterocycles. The van der Waals surface area contributed by atoms with Gasteiger partial charge in [-0.15, -0.1) is 0 Å². The Morgan fingerprint density at radius 1 is 0.562 bits per heavy atom. The normalized spacial score (nSPS) is 29.5. The Kier molecular flexibility index (Phi) is 8.23. The molecule has 0 saturated heterocycles. The summed E-state index contributed by atoms with van der Waals surface area (Å²) < 4.78 is 59.2. The summed E-state index contributed by atoms with van der Waals surface area (Å²) in [5.74, 6) is 2.01. The summed E-state index contributed by atoms with van der Waals surface area (Å²) >= 11 is 0. The van der Waals surface area contributed by atoms with Crippen LogP contribution in [0.25, 0.3) is 11.1 Å². The number of hydrogen-bond donors (Lipinski definition) is 0. The first-order valence-corrected chi connectivity index (χ1v) is 26.4. The molecule has 13 rings (SSSR count). The largest absolute Gasteiger partial charge is 0.223 e. The molecule has 2 spiro atoms. The second-order valence-electron chi connectivity index (χ2n) is 20.2. The number of sulfone groups is 2. The van der Waals surface area contributed by atoms with Crippen LogP contribution in [-0.4, -0.2) is 22.1 Å². The highest BCUT2D eigenvalue weighted by molar-refractivity contribution is 7.92. The SMILES string of the molecule is Cc1ccc2c(c1)C1(c3ccccc3-c3ccccc31)C1CC(S(=O)(=O)c3c#cc(S(=O)(=O)c4ccc5c(c4)C4(c6ccccc6C6C=CC=CC64)C4C[C@H](C)CCC54)cc3)CC[C@H]21. The molecule has 0 amide bonds. The van der Waals surface area contributed by atoms with Crippen molar-refractivity contribution in [3.63, 3.8) is 0 Å². The molecule has 7 aliphatic carbocycles. The molecule has 6 heteroatoms. The zero-order valence-corrected chi connectivity index (χ0v) is 37.8. The maximum absolute atomic E-state index is 14.9. The summed E-state index contributed by atoms with van der Waals surface area (Å²) in [5, 5.41) is -0.644. The van der Waals surface area contributed by atoms with E-state index in [0.29, 0.717) is 30.6 Å². The van der Waals surface area contributed by atoms with E-state index in [1.54, 1.807) is 6.07 Å². The average molecular weight is 875 g/mol. The molecule has 0 bridgehead atoms. The van der Waals surface area contributed by atoms with Gasteiger partial charge in [-0.1, -0.05) is 140 Å². The molecule has 318 valence electrons. The van der Waals surface area contributed by atoms with Crippen molar-refractivity contribution < 1.29 is 16.8 Å². The first kappa shape index (κ1) is 38.9. The molecule has 7 unspecified atom stereocenters. The fraction of sp³-hybridized carbons (Fsp3) is 0.310. The lowest BCUT2D eigenvalue weighted by Crippen LogP contribution is -2.41. The summed E-state index contributed by atoms with van der Waals surface area (Å²) in [7, 11) is -7.97. The van der Waals surface area contributed by atoms with Crippen LogP contribution < -0.4 is 0 Å². The number of hydrogen-bond acceptors (Lipinski definition) is 4. The van der Waals surface area contributed by atoms with E-state index in [2.05, 4.69) is 147 Å². The van der Waals surface area contributed by atoms with Crippen molar-refractivity contribution in [2.24, 2.45) is 23.7 Å². The minimum absolute atomic E-state index is 0.0133. The second kappa shape index (κ2) is 13.5. The molecule has 2 saturated carbocycles. The molecule has 0 radical (unpaired) electrons. The topological polar surface area (TPSA) is 68.3 Å². The van der Waals surface area contributed by atoms with Gasteiger partial charge in [0.05, 0.1) is 15.6 Å². The number of aryl methyl sites for hydroxylation is 1. The molecule has 0 N–H and O–H groups in total. The van der Waals surface area contributed by atoms with Crippen LogP contribution in [0.15, 0.2) is 160 Å². The third-order valence-corrected chi connectivity index (χ3v) is 21.3. The van der Waals surface area contributed by atoms with Crippen LogP contribution in [0.5, 0.6) is 0 Å². The maximum atomic E-state index is 14.9. The highest BCUT2D eigenvalue weighted by atomic mass is 32.2. The summed E-state index contributed by atoms with van der Waals surface area (Å²) in [6, 6.07) is 47.7. The number of benzene rings is 5. The maximum Gasteiger partial charge on any atom is 0.214 e. The van der Waals surface area contributed by atoms with Crippen LogP contribution in [0.3, 0.4) is 0 Å². The van der Waals surface area contributed by atoms with Crippen LogP contribution in [-0.2, 0) is 30.5 Å². The van der Waals surface area contributed by atoms with Gasteiger partial charge in [0.1, 0.15) is 9.79 Å². The fourth-order valence-corrected chi connectivity index (χ4v) is 18.0. The van der Waals surface area contributed by atoms with Crippen molar-refractivity contribution in [2.75, 3.05) is 0 Å². The molecule has 9 atom stereocenters. The van der Waals surface area contributed by atoms with Gasteiger partial charge in [0, 0.05) is 17.3 Å². The van der Waals surface area contributed by atoms with Gasteiger partial charge in [0.15, 0.2) is 9.84 Å². The van der Waals surface area contributed by atoms with Gasteiger partial charge < -0.3 is 0 Å². The van der Waals surface area contributed by atoms with Crippen LogP contribution in [0.2, 0.25) is 0 Å². The Labute approximate surface area is 378 Å². The molecule has 7 aliphatic rings. The van der Waals surface area contributed by atoms with E-state index in [1.807, 2.05) is 6.07 Å². The average Bonchev–Trinajstić information content (AvgIpc) is 3.99. The van der Waals surface area contributed by atoms with Gasteiger partial charge in [-0.05, 0) is 161 Å². The predicted octanol–water partition coefficient (Wildman–Crippen LogP) is 12.1. The van der Waals surface area contributed by atoms with Crippen molar-refractivity contribution in [1.29, 1.82) is 0 Å². The molecule has 0 aliphatic heterocycles. The van der Waals surface area contributed by atoms with Gasteiger partial charge in [-0.2, -0.15) is 0 Å². The Morgan fingerprint density at radius 2 is 1.20 bits per heavy atom. The number of allylic oxidation sites excluding steroid dienone is 4. The highest BCUT2D eigenvalue weighted by Crippen LogP contribution is 2.70. The van der Waals surface area contributed by atoms with E-state index in [1.165, 1.54) is 74.2 Å². The summed E-state index contributed by atoms with van der Waals surface area (Å²) in [6.45, 7) is 4.52. The van der Waals surface area contributed by atoms with Crippen LogP contribution in [0.1, 0.15) is 113 Å². The standard InChI is InChI=1S/C58H50O4S2/c1-35-19-27-45-47-29-25-39(33-55(47)57(53(45)31-35)49-15-7-3-11-41(49)42-12-4-8-16-50(42)57)63(59,60)37-21-23-38(24-22-37)64(61,62)40-26-30-48-46-28-20-36(2)32-54(46)58(56(48)34-40)51-17-9-5-13-43(51)44-14-6-10-18-52(44)58/h3-19,21,23,26-27,30-31,34,36,39,43,46-47,51,54-55H,20,25,28-29,32-33H2,1-2H3/t36-,39?,43?,46?,47-,51?,54?,55?,58?/m1/s1. The summed E-state index contributed by atoms with van der Waals surface area (Å²) in [5.41, 5.74) is 13.1. The fourth-order valence-electron chi connectivity index (χ4n) is 15.0. The van der Waals surface area contributed by atoms with Crippen LogP contribution >= 0.6 is 0 Å². The van der Waals surface area contributed by atoms with Crippen molar-refractivity contribution in [2.45, 2.75) is 101 Å². The molecule has 2 fully saturated rings. The van der Waals surface area contributed by atoms with Gasteiger partial charge in [-0.25, -0.2) is 16.8 Å². The lowest BCUT2D eigenvalue weighted by atomic mass is 9.58. The molecular formula is C58H50O4S2. The molecular weight excluding hydrogens is 825 g/mol. The van der Waals surface area contributed by atoms with Crippen LogP contribution in [0, 0.1) is 42.7 Å². The highest BCUT2D eigenvalue weighted by Gasteiger charge is 2.63. The molecule has 64 heavy (non-hydrogen) atoms. The molecule has 0 heterocycles. The lowest BCUT2D eigenvalue weighted by molar-refractivity contribution is 0.164. The lowest BCUT2D eigenvalue weighted by Gasteiger charge is -2.44. The number of rotatable bonds is 4. The predicted molar refractivity (Wildman–Crippen MR) is 251 cm³/mol. The number of fused-ring (bicyclic) bond motifs is 20. The van der Waals surface area contributed by atoms with E-state index in [0.717, 1.165) is 24.8 Å². The Hall–Kier alpha value is -5.48. The van der Waals surface area contributed by atoms with Gasteiger partial charge in [0.2, 0.25) is 9.84 Å². The third-order valence-electron chi connectivity index (χ3n) is 17.4. The Morgan fingerprint density at radius 3 is 1.97 bits per heavy atom. The van der Waals surface area contributed by atoms with Crippen molar-refractivity contribution in [1.82, 2.24) is 0 Å². The van der Waals surface area contributed by atoms with E-state index in [-0.39, 0.29) is 43.8 Å². The van der Waals surface area contributed by atoms with Gasteiger partial charge in [0.25, 0.3) is 0 Å². The molecule has 4 nitrogen and oxygen atoms in total. The Balaban J connectivity index is 0.858. The van der Waals surface area contributed by atoms with E-state index < -0.39 is 30.3 Å². The van der Waals surface area contributed by atoms with Crippen molar-refractivity contribution in [3.05, 3.63) is 208 Å². The van der Waals surface area contributed by atoms with Crippen molar-refractivity contribution in [3.8, 4) is 11.1 Å². The zero-order chi connectivity index (χ0) is 43.3. The van der Waals surface area contributed by atoms with Gasteiger partial charge in [-0.3, -0.25) is 0 Å². The molecule has 6 aromatic carbocycles. The smallest absolute Gasteiger partial charge is 0.214 e. The monoisotopic (exact) mass is 874 g/mol. The van der Waals surface area contributed by atoms with Crippen LogP contribution in [0.4, 0.5) is 0 Å². The second-order valence-corrected chi connectivity index (χ2v) is 24.3. The zero-order valence-electron chi connectivity index (χ0n) is 36.2. The van der Waals surface area contributed by atoms with Crippen molar-refractivity contribution >= 4 is 19.7 Å². The van der Waals surface area contributed by atoms with Gasteiger partial charge >= 0.3 is 0 Å². The summed E-state index contributed by atoms with van der Waals surface area (Å²) in [6.07, 6.45) is 14.2. The van der Waals surface area contributed by atoms with E-state index >= 15 is 0 Å². The minimum Gasteiger partial charge on any atom is -0.223 e. The van der Waals surface area contributed by atoms with E-state index in [4.69, 9.17) is 0 Å². The third kappa shape index (κ3) is 4.90.